The van der Waals surface area contributed by atoms with Crippen LogP contribution < -0.4 is 5.73 Å². The fraction of sp³-hybridized carbons (Fsp3) is 0.333. The maximum Gasteiger partial charge on any atom is 0.280 e. The highest BCUT2D eigenvalue weighted by molar-refractivity contribution is 5.98. The molecule has 0 radical (unpaired) electrons. The van der Waals surface area contributed by atoms with Crippen LogP contribution in [-0.2, 0) is 0 Å². The number of carbonyl (C=O) groups is 1. The van der Waals surface area contributed by atoms with E-state index < -0.39 is 12.0 Å². The lowest BCUT2D eigenvalue weighted by Gasteiger charge is -2.25. The number of rotatable bonds is 5. The molecule has 0 saturated carbocycles. The van der Waals surface area contributed by atoms with Gasteiger partial charge in [-0.05, 0) is 60.7 Å². The molecule has 2 N–H and O–H groups in total. The maximum absolute atomic E-state index is 12.9. The number of aromatic nitrogens is 2. The van der Waals surface area contributed by atoms with E-state index >= 15 is 0 Å². The van der Waals surface area contributed by atoms with Gasteiger partial charge in [-0.2, -0.15) is 0 Å². The molecule has 142 valence electrons. The number of nitrogens with two attached hydrogens (primary N) is 1. The Morgan fingerprint density at radius 1 is 1.19 bits per heavy atom. The maximum atomic E-state index is 12.9. The quantitative estimate of drug-likeness (QED) is 0.683. The summed E-state index contributed by atoms with van der Waals surface area (Å²) in [6, 6.07) is 10.4. The van der Waals surface area contributed by atoms with Crippen LogP contribution in [0.2, 0.25) is 0 Å². The van der Waals surface area contributed by atoms with Crippen molar-refractivity contribution in [3.8, 4) is 11.1 Å². The number of pyridine rings is 1. The Labute approximate surface area is 157 Å². The van der Waals surface area contributed by atoms with Gasteiger partial charge >= 0.3 is 0 Å². The van der Waals surface area contributed by atoms with Crippen molar-refractivity contribution in [3.05, 3.63) is 54.5 Å². The molecule has 0 unspecified atom stereocenters. The van der Waals surface area contributed by atoms with Crippen molar-refractivity contribution in [1.29, 1.82) is 0 Å². The number of fused-ring (bicyclic) bond motifs is 1. The van der Waals surface area contributed by atoms with Crippen molar-refractivity contribution in [3.63, 3.8) is 0 Å². The molecule has 2 heterocycles. The molecule has 3 aromatic rings. The first-order valence-corrected chi connectivity index (χ1v) is 8.88. The lowest BCUT2D eigenvalue weighted by molar-refractivity contribution is 0.0799. The van der Waals surface area contributed by atoms with Crippen LogP contribution in [0, 0.1) is 5.92 Å². The summed E-state index contributed by atoms with van der Waals surface area (Å²) < 4.78 is 27.4. The zero-order valence-electron chi connectivity index (χ0n) is 15.6. The summed E-state index contributed by atoms with van der Waals surface area (Å²) in [5.74, 6) is 0.135. The number of carbonyl (C=O) groups excluding carboxylic acids is 1. The molecule has 0 aliphatic carbocycles. The molecule has 4 nitrogen and oxygen atoms in total. The fourth-order valence-electron chi connectivity index (χ4n) is 3.46. The summed E-state index contributed by atoms with van der Waals surface area (Å²) in [5, 5.41) is 0.844. The van der Waals surface area contributed by atoms with E-state index in [1.165, 1.54) is 12.3 Å². The number of benzene rings is 1. The van der Waals surface area contributed by atoms with Crippen molar-refractivity contribution < 1.29 is 13.6 Å². The number of alkyl halides is 2. The second-order valence-corrected chi connectivity index (χ2v) is 7.55. The second-order valence-electron chi connectivity index (χ2n) is 7.55. The molecule has 0 aliphatic heterocycles. The molecular formula is C21H23F2N3O. The fourth-order valence-corrected chi connectivity index (χ4v) is 3.46. The van der Waals surface area contributed by atoms with Gasteiger partial charge in [-0.1, -0.05) is 19.9 Å². The molecule has 0 bridgehead atoms. The first kappa shape index (κ1) is 19.2. The standard InChI is InChI=1S/C21H23F2N3O/c1-13(2)12-21(3,24)20(27)26-9-7-16-10-14(4-5-18(16)26)15-6-8-25-17(11-15)19(22)23/h4-11,13,19H,12,24H2,1-3H3/t21-/m1/s1. The molecule has 2 aromatic heterocycles. The number of nitrogens with zero attached hydrogens (tertiary/aromatic N) is 2. The van der Waals surface area contributed by atoms with Crippen LogP contribution in [0.3, 0.4) is 0 Å². The van der Waals surface area contributed by atoms with Crippen molar-refractivity contribution >= 4 is 16.8 Å². The molecule has 27 heavy (non-hydrogen) atoms. The monoisotopic (exact) mass is 371 g/mol. The molecular weight excluding hydrogens is 348 g/mol. The van der Waals surface area contributed by atoms with Gasteiger partial charge < -0.3 is 5.73 Å². The van der Waals surface area contributed by atoms with Gasteiger partial charge in [0, 0.05) is 17.8 Å². The summed E-state index contributed by atoms with van der Waals surface area (Å²) in [7, 11) is 0. The second kappa shape index (κ2) is 7.19. The highest BCUT2D eigenvalue weighted by Gasteiger charge is 2.31. The van der Waals surface area contributed by atoms with Crippen LogP contribution in [-0.4, -0.2) is 21.0 Å². The highest BCUT2D eigenvalue weighted by Crippen LogP contribution is 2.28. The summed E-state index contributed by atoms with van der Waals surface area (Å²) in [6.07, 6.45) is 1.05. The third-order valence-electron chi connectivity index (χ3n) is 4.57. The molecule has 0 amide bonds. The van der Waals surface area contributed by atoms with Crippen LogP contribution in [0.1, 0.15) is 44.1 Å². The van der Waals surface area contributed by atoms with E-state index in [4.69, 9.17) is 5.73 Å². The average Bonchev–Trinajstić information content (AvgIpc) is 3.03. The number of halogens is 2. The summed E-state index contributed by atoms with van der Waals surface area (Å²) in [6.45, 7) is 5.81. The molecule has 0 fully saturated rings. The zero-order valence-corrected chi connectivity index (χ0v) is 15.6. The van der Waals surface area contributed by atoms with E-state index in [-0.39, 0.29) is 11.6 Å². The minimum atomic E-state index is -2.62. The molecule has 3 rings (SSSR count). The molecule has 0 spiro atoms. The third-order valence-corrected chi connectivity index (χ3v) is 4.57. The van der Waals surface area contributed by atoms with Gasteiger partial charge in [-0.3, -0.25) is 14.3 Å². The van der Waals surface area contributed by atoms with Gasteiger partial charge in [0.05, 0.1) is 11.1 Å². The Hall–Kier alpha value is -2.60. The van der Waals surface area contributed by atoms with Gasteiger partial charge in [-0.15, -0.1) is 0 Å². The van der Waals surface area contributed by atoms with Gasteiger partial charge in [0.25, 0.3) is 12.3 Å². The largest absolute Gasteiger partial charge is 0.318 e. The Balaban J connectivity index is 1.98. The Morgan fingerprint density at radius 2 is 1.89 bits per heavy atom. The van der Waals surface area contributed by atoms with Crippen LogP contribution in [0.25, 0.3) is 22.0 Å². The normalized spacial score (nSPS) is 14.1. The lowest BCUT2D eigenvalue weighted by Crippen LogP contribution is -2.48. The van der Waals surface area contributed by atoms with Crippen LogP contribution in [0.4, 0.5) is 8.78 Å². The Morgan fingerprint density at radius 3 is 2.56 bits per heavy atom. The SMILES string of the molecule is CC(C)C[C@@](C)(N)C(=O)n1ccc2cc(-c3ccnc(C(F)F)c3)ccc21. The smallest absolute Gasteiger partial charge is 0.280 e. The van der Waals surface area contributed by atoms with Crippen molar-refractivity contribution in [2.45, 2.75) is 39.2 Å². The first-order valence-electron chi connectivity index (χ1n) is 8.88. The van der Waals surface area contributed by atoms with Crippen LogP contribution >= 0.6 is 0 Å². The Bertz CT molecular complexity index is 976. The van der Waals surface area contributed by atoms with Gasteiger partial charge in [0.2, 0.25) is 0 Å². The molecule has 6 heteroatoms. The van der Waals surface area contributed by atoms with Crippen molar-refractivity contribution in [1.82, 2.24) is 9.55 Å². The minimum absolute atomic E-state index is 0.164. The van der Waals surface area contributed by atoms with Crippen LogP contribution in [0.15, 0.2) is 48.8 Å². The topological polar surface area (TPSA) is 60.9 Å². The number of hydrogen-bond donors (Lipinski definition) is 1. The molecule has 1 aromatic carbocycles. The predicted molar refractivity (Wildman–Crippen MR) is 103 cm³/mol. The molecule has 0 saturated heterocycles. The lowest BCUT2D eigenvalue weighted by atomic mass is 9.91. The summed E-state index contributed by atoms with van der Waals surface area (Å²) in [5.41, 5.74) is 7.23. The zero-order chi connectivity index (χ0) is 19.8. The van der Waals surface area contributed by atoms with E-state index in [0.29, 0.717) is 17.9 Å². The van der Waals surface area contributed by atoms with Crippen molar-refractivity contribution in [2.24, 2.45) is 11.7 Å². The van der Waals surface area contributed by atoms with E-state index in [1.54, 1.807) is 23.8 Å². The first-order chi connectivity index (χ1) is 12.7. The molecule has 1 atom stereocenters. The predicted octanol–water partition coefficient (Wildman–Crippen LogP) is 5.04. The number of hydrogen-bond acceptors (Lipinski definition) is 3. The minimum Gasteiger partial charge on any atom is -0.318 e. The summed E-state index contributed by atoms with van der Waals surface area (Å²) in [4.78, 5) is 16.6. The van der Waals surface area contributed by atoms with Gasteiger partial charge in [0.1, 0.15) is 5.69 Å². The van der Waals surface area contributed by atoms with E-state index in [1.807, 2.05) is 38.1 Å². The van der Waals surface area contributed by atoms with E-state index in [2.05, 4.69) is 4.98 Å². The average molecular weight is 371 g/mol. The highest BCUT2D eigenvalue weighted by atomic mass is 19.3. The van der Waals surface area contributed by atoms with E-state index in [9.17, 15) is 13.6 Å². The summed E-state index contributed by atoms with van der Waals surface area (Å²) >= 11 is 0. The van der Waals surface area contributed by atoms with Gasteiger partial charge in [0.15, 0.2) is 0 Å². The van der Waals surface area contributed by atoms with Crippen LogP contribution in [0.5, 0.6) is 0 Å². The Kier molecular flexibility index (Phi) is 5.11. The third kappa shape index (κ3) is 3.90. The molecule has 0 aliphatic rings. The van der Waals surface area contributed by atoms with Crippen molar-refractivity contribution in [2.75, 3.05) is 0 Å². The van der Waals surface area contributed by atoms with E-state index in [0.717, 1.165) is 16.5 Å². The van der Waals surface area contributed by atoms with Gasteiger partial charge in [-0.25, -0.2) is 8.78 Å².